The van der Waals surface area contributed by atoms with Crippen LogP contribution in [-0.2, 0) is 11.2 Å². The van der Waals surface area contributed by atoms with Crippen LogP contribution in [0.1, 0.15) is 12.0 Å². The van der Waals surface area contributed by atoms with Crippen LogP contribution in [-0.4, -0.2) is 33.0 Å². The van der Waals surface area contributed by atoms with Gasteiger partial charge in [0.15, 0.2) is 6.10 Å². The minimum atomic E-state index is -1.63. The molecule has 3 N–H and O–H groups in total. The fourth-order valence-corrected chi connectivity index (χ4v) is 3.03. The zero-order valence-corrected chi connectivity index (χ0v) is 14.9. The summed E-state index contributed by atoms with van der Waals surface area (Å²) in [6.45, 7) is 0. The number of nitrogens with one attached hydrogen (secondary N) is 1. The van der Waals surface area contributed by atoms with E-state index in [4.69, 9.17) is 16.7 Å². The van der Waals surface area contributed by atoms with Gasteiger partial charge in [-0.05, 0) is 29.2 Å². The second kappa shape index (κ2) is 7.77. The third kappa shape index (κ3) is 4.45. The van der Waals surface area contributed by atoms with E-state index in [0.29, 0.717) is 10.6 Å². The Morgan fingerprint density at radius 3 is 2.30 bits per heavy atom. The topological polar surface area (TPSA) is 109 Å². The van der Waals surface area contributed by atoms with Gasteiger partial charge < -0.3 is 15.6 Å². The maximum absolute atomic E-state index is 11.2. The van der Waals surface area contributed by atoms with Gasteiger partial charge in [0.05, 0.1) is 0 Å². The normalized spacial score (nSPS) is 13.4. The molecule has 3 rings (SSSR count). The Morgan fingerprint density at radius 2 is 1.74 bits per heavy atom. The maximum atomic E-state index is 11.2. The smallest absolute Gasteiger partial charge is 0.340 e. The molecule has 2 atom stereocenters. The number of benzene rings is 2. The van der Waals surface area contributed by atoms with Gasteiger partial charge in [0, 0.05) is 17.5 Å². The van der Waals surface area contributed by atoms with Crippen molar-refractivity contribution in [3.8, 4) is 11.1 Å². The third-order valence-corrected chi connectivity index (χ3v) is 4.62. The first-order valence-corrected chi connectivity index (χ1v) is 8.64. The average molecular weight is 389 g/mol. The van der Waals surface area contributed by atoms with Crippen molar-refractivity contribution in [2.75, 3.05) is 5.43 Å². The van der Waals surface area contributed by atoms with Gasteiger partial charge in [-0.25, -0.2) is 4.79 Å². The van der Waals surface area contributed by atoms with E-state index < -0.39 is 29.2 Å². The van der Waals surface area contributed by atoms with Crippen molar-refractivity contribution in [2.24, 2.45) is 0 Å². The SMILES string of the molecule is O=C(O)[C@H](O)C[C@@H](Cc1ccc(-c2ccccc2)cc1Cl)Nn1c(=O)c1=O. The number of aliphatic hydroxyl groups excluding tert-OH is 1. The lowest BCUT2D eigenvalue weighted by Crippen LogP contribution is -2.36. The second-order valence-corrected chi connectivity index (χ2v) is 6.65. The zero-order chi connectivity index (χ0) is 19.6. The molecular formula is C19H17ClN2O5. The Hall–Kier alpha value is -2.90. The Labute approximate surface area is 159 Å². The van der Waals surface area contributed by atoms with Gasteiger partial charge in [-0.3, -0.25) is 9.59 Å². The molecule has 2 aromatic carbocycles. The molecule has 0 aliphatic rings. The highest BCUT2D eigenvalue weighted by Crippen LogP contribution is 2.27. The van der Waals surface area contributed by atoms with E-state index in [0.717, 1.165) is 15.8 Å². The number of hydrogen-bond acceptors (Lipinski definition) is 5. The molecule has 1 aromatic heterocycles. The molecule has 0 radical (unpaired) electrons. The molecule has 0 saturated heterocycles. The average Bonchev–Trinajstić information content (AvgIpc) is 3.22. The van der Waals surface area contributed by atoms with Gasteiger partial charge in [-0.1, -0.05) is 54.1 Å². The van der Waals surface area contributed by atoms with Crippen LogP contribution in [0.3, 0.4) is 0 Å². The molecule has 8 heteroatoms. The van der Waals surface area contributed by atoms with Crippen molar-refractivity contribution in [1.29, 1.82) is 0 Å². The first-order chi connectivity index (χ1) is 12.9. The number of carboxylic acids is 1. The van der Waals surface area contributed by atoms with Crippen LogP contribution >= 0.6 is 11.6 Å². The van der Waals surface area contributed by atoms with E-state index in [1.807, 2.05) is 36.4 Å². The Kier molecular flexibility index (Phi) is 5.43. The van der Waals surface area contributed by atoms with Crippen LogP contribution in [0.2, 0.25) is 5.02 Å². The number of carbonyl (C=O) groups is 1. The first kappa shape index (κ1) is 18.9. The molecule has 0 unspecified atom stereocenters. The summed E-state index contributed by atoms with van der Waals surface area (Å²) >= 11 is 6.38. The molecule has 27 heavy (non-hydrogen) atoms. The molecule has 0 amide bonds. The van der Waals surface area contributed by atoms with Crippen molar-refractivity contribution in [1.82, 2.24) is 4.68 Å². The molecule has 0 spiro atoms. The summed E-state index contributed by atoms with van der Waals surface area (Å²) in [5.41, 5.74) is 3.88. The van der Waals surface area contributed by atoms with Crippen molar-refractivity contribution < 1.29 is 15.0 Å². The standard InChI is InChI=1S/C19H17ClN2O5/c20-15-9-12(11-4-2-1-3-5-11)6-7-13(15)8-14(10-16(23)19(26)27)21-22-17(24)18(22)25/h1-7,9,14,16,21,23H,8,10H2,(H,26,27)/t14-,16-/m1/s1. The maximum Gasteiger partial charge on any atom is 0.340 e. The molecule has 7 nitrogen and oxygen atoms in total. The molecule has 3 aromatic rings. The number of rotatable bonds is 8. The summed E-state index contributed by atoms with van der Waals surface area (Å²) < 4.78 is 0.797. The highest BCUT2D eigenvalue weighted by molar-refractivity contribution is 6.31. The second-order valence-electron chi connectivity index (χ2n) is 6.24. The summed E-state index contributed by atoms with van der Waals surface area (Å²) in [6.07, 6.45) is -1.59. The van der Waals surface area contributed by atoms with Crippen LogP contribution in [0.4, 0.5) is 0 Å². The van der Waals surface area contributed by atoms with Gasteiger partial charge in [-0.2, -0.15) is 4.68 Å². The third-order valence-electron chi connectivity index (χ3n) is 4.27. The van der Waals surface area contributed by atoms with Gasteiger partial charge in [0.1, 0.15) is 0 Å². The quantitative estimate of drug-likeness (QED) is 0.503. The molecule has 140 valence electrons. The number of aliphatic carboxylic acids is 1. The lowest BCUT2D eigenvalue weighted by molar-refractivity contribution is -0.147. The number of aliphatic hydroxyl groups is 1. The number of halogens is 1. The van der Waals surface area contributed by atoms with Crippen LogP contribution in [0.5, 0.6) is 0 Å². The minimum absolute atomic E-state index is 0.191. The minimum Gasteiger partial charge on any atom is -0.479 e. The zero-order valence-electron chi connectivity index (χ0n) is 14.1. The summed E-state index contributed by atoms with van der Waals surface area (Å²) in [5, 5.41) is 19.0. The van der Waals surface area contributed by atoms with Crippen molar-refractivity contribution in [3.63, 3.8) is 0 Å². The summed E-state index contributed by atoms with van der Waals surface area (Å²) in [4.78, 5) is 33.3. The number of carboxylic acid groups (broad SMARTS) is 1. The van der Waals surface area contributed by atoms with Gasteiger partial charge in [0.25, 0.3) is 0 Å². The van der Waals surface area contributed by atoms with Crippen LogP contribution in [0.25, 0.3) is 11.1 Å². The Balaban J connectivity index is 1.80. The van der Waals surface area contributed by atoms with E-state index in [-0.39, 0.29) is 12.8 Å². The first-order valence-electron chi connectivity index (χ1n) is 8.26. The van der Waals surface area contributed by atoms with E-state index in [2.05, 4.69) is 5.43 Å². The number of hydrogen-bond donors (Lipinski definition) is 3. The fraction of sp³-hybridized carbons (Fsp3) is 0.211. The van der Waals surface area contributed by atoms with Crippen molar-refractivity contribution in [2.45, 2.75) is 25.0 Å². The number of nitrogens with zero attached hydrogens (tertiary/aromatic N) is 1. The molecular weight excluding hydrogens is 372 g/mol. The largest absolute Gasteiger partial charge is 0.479 e. The monoisotopic (exact) mass is 388 g/mol. The van der Waals surface area contributed by atoms with Crippen LogP contribution in [0, 0.1) is 0 Å². The lowest BCUT2D eigenvalue weighted by atomic mass is 9.98. The molecule has 1 heterocycles. The predicted octanol–water partition coefficient (Wildman–Crippen LogP) is 1.39. The highest BCUT2D eigenvalue weighted by atomic mass is 35.5. The summed E-state index contributed by atoms with van der Waals surface area (Å²) in [5.74, 6) is -1.38. The molecule has 0 aliphatic heterocycles. The van der Waals surface area contributed by atoms with Crippen LogP contribution in [0.15, 0.2) is 58.1 Å². The van der Waals surface area contributed by atoms with Crippen LogP contribution < -0.4 is 16.5 Å². The Morgan fingerprint density at radius 1 is 1.07 bits per heavy atom. The van der Waals surface area contributed by atoms with Gasteiger partial charge in [0.2, 0.25) is 0 Å². The predicted molar refractivity (Wildman–Crippen MR) is 101 cm³/mol. The van der Waals surface area contributed by atoms with Gasteiger partial charge in [-0.15, -0.1) is 0 Å². The van der Waals surface area contributed by atoms with E-state index in [9.17, 15) is 19.5 Å². The van der Waals surface area contributed by atoms with E-state index >= 15 is 0 Å². The molecule has 0 bridgehead atoms. The van der Waals surface area contributed by atoms with Crippen molar-refractivity contribution in [3.05, 3.63) is 79.8 Å². The van der Waals surface area contributed by atoms with E-state index in [1.165, 1.54) is 0 Å². The number of aromatic nitrogens is 1. The highest BCUT2D eigenvalue weighted by Gasteiger charge is 2.25. The Bertz CT molecular complexity index is 998. The molecule has 0 saturated carbocycles. The molecule has 0 fully saturated rings. The van der Waals surface area contributed by atoms with Gasteiger partial charge >= 0.3 is 17.1 Å². The fourth-order valence-electron chi connectivity index (χ4n) is 2.78. The summed E-state index contributed by atoms with van der Waals surface area (Å²) in [6, 6.07) is 14.5. The van der Waals surface area contributed by atoms with E-state index in [1.54, 1.807) is 12.1 Å². The van der Waals surface area contributed by atoms with Crippen molar-refractivity contribution >= 4 is 17.6 Å². The lowest BCUT2D eigenvalue weighted by Gasteiger charge is -2.20. The molecule has 0 aliphatic carbocycles. The summed E-state index contributed by atoms with van der Waals surface area (Å²) in [7, 11) is 0.